The van der Waals surface area contributed by atoms with Crippen LogP contribution in [0.5, 0.6) is 0 Å². The van der Waals surface area contributed by atoms with E-state index < -0.39 is 23.1 Å². The van der Waals surface area contributed by atoms with Gasteiger partial charge >= 0.3 is 0 Å². The number of benzene rings is 1. The Morgan fingerprint density at radius 2 is 2.06 bits per heavy atom. The van der Waals surface area contributed by atoms with Crippen LogP contribution in [-0.2, 0) is 0 Å². The first-order chi connectivity index (χ1) is 8.18. The molecule has 0 bridgehead atoms. The minimum absolute atomic E-state index is 0.0823. The lowest BCUT2D eigenvalue weighted by atomic mass is 10.2. The predicted molar refractivity (Wildman–Crippen MR) is 54.1 cm³/mol. The lowest BCUT2D eigenvalue weighted by Gasteiger charge is -2.03. The SMILES string of the molecule is O=C(Nc1nccnn1)c1cccc(F)c1F. The summed E-state index contributed by atoms with van der Waals surface area (Å²) in [4.78, 5) is 15.2. The number of halogens is 2. The van der Waals surface area contributed by atoms with Crippen LogP contribution in [-0.4, -0.2) is 21.1 Å². The van der Waals surface area contributed by atoms with Gasteiger partial charge in [-0.15, -0.1) is 5.10 Å². The predicted octanol–water partition coefficient (Wildman–Crippen LogP) is 1.40. The third-order valence-electron chi connectivity index (χ3n) is 1.90. The molecule has 1 aromatic heterocycles. The smallest absolute Gasteiger partial charge is 0.261 e. The van der Waals surface area contributed by atoms with Gasteiger partial charge in [0.25, 0.3) is 5.91 Å². The van der Waals surface area contributed by atoms with Crippen molar-refractivity contribution in [1.82, 2.24) is 15.2 Å². The van der Waals surface area contributed by atoms with Crippen molar-refractivity contribution in [1.29, 1.82) is 0 Å². The van der Waals surface area contributed by atoms with E-state index in [-0.39, 0.29) is 5.95 Å². The molecule has 0 aliphatic heterocycles. The second-order valence-corrected chi connectivity index (χ2v) is 3.02. The number of anilines is 1. The number of carbonyl (C=O) groups excluding carboxylic acids is 1. The summed E-state index contributed by atoms with van der Waals surface area (Å²) in [5.41, 5.74) is -0.419. The molecule has 0 aliphatic rings. The van der Waals surface area contributed by atoms with Gasteiger partial charge in [0.05, 0.1) is 18.0 Å². The Kier molecular flexibility index (Phi) is 2.99. The third kappa shape index (κ3) is 2.39. The highest BCUT2D eigenvalue weighted by Crippen LogP contribution is 2.12. The largest absolute Gasteiger partial charge is 0.289 e. The molecule has 0 fully saturated rings. The number of amides is 1. The van der Waals surface area contributed by atoms with E-state index in [1.165, 1.54) is 18.5 Å². The number of aromatic nitrogens is 3. The number of nitrogens with zero attached hydrogens (tertiary/aromatic N) is 3. The molecule has 5 nitrogen and oxygen atoms in total. The summed E-state index contributed by atoms with van der Waals surface area (Å²) < 4.78 is 26.1. The Labute approximate surface area is 94.5 Å². The van der Waals surface area contributed by atoms with E-state index in [9.17, 15) is 13.6 Å². The van der Waals surface area contributed by atoms with Crippen molar-refractivity contribution in [3.63, 3.8) is 0 Å². The zero-order valence-corrected chi connectivity index (χ0v) is 8.39. The maximum atomic E-state index is 13.3. The molecule has 0 spiro atoms. The van der Waals surface area contributed by atoms with Gasteiger partial charge in [0.15, 0.2) is 11.6 Å². The molecule has 0 saturated carbocycles. The van der Waals surface area contributed by atoms with Crippen LogP contribution in [0.25, 0.3) is 0 Å². The second-order valence-electron chi connectivity index (χ2n) is 3.02. The molecule has 1 N–H and O–H groups in total. The van der Waals surface area contributed by atoms with Crippen molar-refractivity contribution >= 4 is 11.9 Å². The van der Waals surface area contributed by atoms with Gasteiger partial charge in [-0.1, -0.05) is 6.07 Å². The highest BCUT2D eigenvalue weighted by Gasteiger charge is 2.15. The first kappa shape index (κ1) is 11.1. The molecule has 0 saturated heterocycles. The zero-order chi connectivity index (χ0) is 12.3. The maximum Gasteiger partial charge on any atom is 0.261 e. The van der Waals surface area contributed by atoms with Crippen molar-refractivity contribution in [2.45, 2.75) is 0 Å². The number of nitrogens with one attached hydrogen (secondary N) is 1. The lowest BCUT2D eigenvalue weighted by Crippen LogP contribution is -2.16. The van der Waals surface area contributed by atoms with Crippen molar-refractivity contribution in [2.24, 2.45) is 0 Å². The molecular formula is C10H6F2N4O. The van der Waals surface area contributed by atoms with E-state index in [4.69, 9.17) is 0 Å². The Morgan fingerprint density at radius 3 is 2.76 bits per heavy atom. The highest BCUT2D eigenvalue weighted by atomic mass is 19.2. The standard InChI is InChI=1S/C10H6F2N4O/c11-7-3-1-2-6(8(7)12)9(17)15-10-13-4-5-14-16-10/h1-5H,(H,13,15,16,17). The molecule has 1 heterocycles. The monoisotopic (exact) mass is 236 g/mol. The Balaban J connectivity index is 2.24. The third-order valence-corrected chi connectivity index (χ3v) is 1.90. The number of rotatable bonds is 2. The van der Waals surface area contributed by atoms with E-state index in [0.717, 1.165) is 12.1 Å². The summed E-state index contributed by atoms with van der Waals surface area (Å²) in [7, 11) is 0. The van der Waals surface area contributed by atoms with Crippen LogP contribution in [0.1, 0.15) is 10.4 Å². The average molecular weight is 236 g/mol. The van der Waals surface area contributed by atoms with Gasteiger partial charge in [0.1, 0.15) is 0 Å². The molecule has 86 valence electrons. The number of hydrogen-bond donors (Lipinski definition) is 1. The van der Waals surface area contributed by atoms with Gasteiger partial charge in [-0.2, -0.15) is 5.10 Å². The Bertz CT molecular complexity index is 547. The molecular weight excluding hydrogens is 230 g/mol. The van der Waals surface area contributed by atoms with Crippen LogP contribution in [0.2, 0.25) is 0 Å². The quantitative estimate of drug-likeness (QED) is 0.855. The number of hydrogen-bond acceptors (Lipinski definition) is 4. The van der Waals surface area contributed by atoms with Gasteiger partial charge in [0.2, 0.25) is 5.95 Å². The van der Waals surface area contributed by atoms with Crippen molar-refractivity contribution in [2.75, 3.05) is 5.32 Å². The van der Waals surface area contributed by atoms with Crippen LogP contribution in [0.4, 0.5) is 14.7 Å². The van der Waals surface area contributed by atoms with Gasteiger partial charge in [-0.3, -0.25) is 10.1 Å². The summed E-state index contributed by atoms with van der Waals surface area (Å²) in [5, 5.41) is 9.16. The molecule has 2 rings (SSSR count). The first-order valence-electron chi connectivity index (χ1n) is 4.57. The molecule has 1 aromatic carbocycles. The topological polar surface area (TPSA) is 67.8 Å². The molecule has 2 aromatic rings. The average Bonchev–Trinajstić information content (AvgIpc) is 2.34. The van der Waals surface area contributed by atoms with Crippen LogP contribution < -0.4 is 5.32 Å². The van der Waals surface area contributed by atoms with Crippen LogP contribution >= 0.6 is 0 Å². The van der Waals surface area contributed by atoms with Gasteiger partial charge in [-0.05, 0) is 12.1 Å². The van der Waals surface area contributed by atoms with E-state index in [1.807, 2.05) is 0 Å². The summed E-state index contributed by atoms with van der Waals surface area (Å²) in [6, 6.07) is 3.31. The normalized spacial score (nSPS) is 10.0. The van der Waals surface area contributed by atoms with Crippen LogP contribution in [0, 0.1) is 11.6 Å². The van der Waals surface area contributed by atoms with Gasteiger partial charge in [-0.25, -0.2) is 13.8 Å². The zero-order valence-electron chi connectivity index (χ0n) is 8.39. The Hall–Kier alpha value is -2.44. The Morgan fingerprint density at radius 1 is 1.24 bits per heavy atom. The van der Waals surface area contributed by atoms with Crippen LogP contribution in [0.3, 0.4) is 0 Å². The maximum absolute atomic E-state index is 13.3. The second kappa shape index (κ2) is 4.60. The summed E-state index contributed by atoms with van der Waals surface area (Å²) >= 11 is 0. The summed E-state index contributed by atoms with van der Waals surface area (Å²) in [6.45, 7) is 0. The molecule has 0 unspecified atom stereocenters. The van der Waals surface area contributed by atoms with Gasteiger partial charge in [0, 0.05) is 0 Å². The minimum Gasteiger partial charge on any atom is -0.289 e. The van der Waals surface area contributed by atoms with Crippen molar-refractivity contribution in [3.8, 4) is 0 Å². The molecule has 17 heavy (non-hydrogen) atoms. The van der Waals surface area contributed by atoms with Crippen molar-refractivity contribution < 1.29 is 13.6 Å². The van der Waals surface area contributed by atoms with E-state index >= 15 is 0 Å². The lowest BCUT2D eigenvalue weighted by molar-refractivity contribution is 0.102. The molecule has 0 aliphatic carbocycles. The molecule has 7 heteroatoms. The fourth-order valence-electron chi connectivity index (χ4n) is 1.15. The van der Waals surface area contributed by atoms with Gasteiger partial charge < -0.3 is 0 Å². The molecule has 0 atom stereocenters. The van der Waals surface area contributed by atoms with E-state index in [1.54, 1.807) is 0 Å². The summed E-state index contributed by atoms with van der Waals surface area (Å²) in [5.74, 6) is -3.23. The fraction of sp³-hybridized carbons (Fsp3) is 0. The van der Waals surface area contributed by atoms with E-state index in [2.05, 4.69) is 20.5 Å². The van der Waals surface area contributed by atoms with Crippen LogP contribution in [0.15, 0.2) is 30.6 Å². The first-order valence-corrected chi connectivity index (χ1v) is 4.57. The summed E-state index contributed by atoms with van der Waals surface area (Å²) in [6.07, 6.45) is 2.63. The number of carbonyl (C=O) groups is 1. The minimum atomic E-state index is -1.21. The highest BCUT2D eigenvalue weighted by molar-refractivity contribution is 6.03. The molecule has 1 amide bonds. The molecule has 0 radical (unpaired) electrons. The van der Waals surface area contributed by atoms with Crippen molar-refractivity contribution in [3.05, 3.63) is 47.8 Å². The fourth-order valence-corrected chi connectivity index (χ4v) is 1.15. The van der Waals surface area contributed by atoms with E-state index in [0.29, 0.717) is 0 Å².